The second-order valence-electron chi connectivity index (χ2n) is 5.78. The van der Waals surface area contributed by atoms with Crippen LogP contribution in [0.4, 0.5) is 0 Å². The lowest BCUT2D eigenvalue weighted by atomic mass is 10.1. The average Bonchev–Trinajstić information content (AvgIpc) is 2.24. The number of aryl methyl sites for hydroxylation is 2. The topological polar surface area (TPSA) is 26.3 Å². The van der Waals surface area contributed by atoms with Gasteiger partial charge in [0.2, 0.25) is 0 Å². The lowest BCUT2D eigenvalue weighted by molar-refractivity contribution is -0.154. The van der Waals surface area contributed by atoms with E-state index in [0.717, 1.165) is 19.3 Å². The minimum atomic E-state index is -0.367. The molecule has 0 aliphatic heterocycles. The van der Waals surface area contributed by atoms with Gasteiger partial charge < -0.3 is 4.74 Å². The molecule has 18 heavy (non-hydrogen) atoms. The van der Waals surface area contributed by atoms with Gasteiger partial charge in [0.05, 0.1) is 0 Å². The maximum atomic E-state index is 11.5. The molecule has 0 atom stereocenters. The molecule has 0 aliphatic carbocycles. The monoisotopic (exact) mass is 248 g/mol. The maximum absolute atomic E-state index is 11.5. The highest BCUT2D eigenvalue weighted by Gasteiger charge is 2.15. The Morgan fingerprint density at radius 3 is 2.28 bits per heavy atom. The van der Waals surface area contributed by atoms with E-state index in [1.54, 1.807) is 0 Å². The van der Waals surface area contributed by atoms with Gasteiger partial charge in [0, 0.05) is 6.42 Å². The number of ether oxygens (including phenoxy) is 1. The van der Waals surface area contributed by atoms with Crippen LogP contribution in [0.15, 0.2) is 24.3 Å². The summed E-state index contributed by atoms with van der Waals surface area (Å²) in [4.78, 5) is 11.5. The zero-order valence-corrected chi connectivity index (χ0v) is 12.0. The van der Waals surface area contributed by atoms with Gasteiger partial charge >= 0.3 is 5.97 Å². The van der Waals surface area contributed by atoms with Crippen molar-refractivity contribution in [3.8, 4) is 0 Å². The molecule has 1 aromatic carbocycles. The number of esters is 1. The van der Waals surface area contributed by atoms with E-state index >= 15 is 0 Å². The molecule has 0 saturated heterocycles. The summed E-state index contributed by atoms with van der Waals surface area (Å²) < 4.78 is 5.27. The van der Waals surface area contributed by atoms with E-state index in [4.69, 9.17) is 4.74 Å². The van der Waals surface area contributed by atoms with Crippen molar-refractivity contribution < 1.29 is 9.53 Å². The Bertz CT molecular complexity index is 371. The fourth-order valence-corrected chi connectivity index (χ4v) is 1.75. The Morgan fingerprint density at radius 1 is 1.11 bits per heavy atom. The third-order valence-corrected chi connectivity index (χ3v) is 2.64. The molecule has 0 spiro atoms. The number of hydrogen-bond acceptors (Lipinski definition) is 2. The van der Waals surface area contributed by atoms with Crippen molar-refractivity contribution in [1.29, 1.82) is 0 Å². The van der Waals surface area contributed by atoms with Crippen molar-refractivity contribution >= 4 is 5.97 Å². The van der Waals surface area contributed by atoms with Crippen molar-refractivity contribution in [2.24, 2.45) is 0 Å². The third-order valence-electron chi connectivity index (χ3n) is 2.64. The lowest BCUT2D eigenvalue weighted by Crippen LogP contribution is -2.23. The smallest absolute Gasteiger partial charge is 0.306 e. The van der Waals surface area contributed by atoms with E-state index in [-0.39, 0.29) is 11.6 Å². The molecule has 0 bridgehead atoms. The predicted octanol–water partition coefficient (Wildman–Crippen LogP) is 4.05. The van der Waals surface area contributed by atoms with Crippen LogP contribution in [0.1, 0.15) is 51.2 Å². The molecule has 0 aliphatic rings. The molecule has 0 unspecified atom stereocenters. The third kappa shape index (κ3) is 6.43. The molecule has 0 amide bonds. The van der Waals surface area contributed by atoms with Crippen molar-refractivity contribution in [1.82, 2.24) is 0 Å². The summed E-state index contributed by atoms with van der Waals surface area (Å²) >= 11 is 0. The largest absolute Gasteiger partial charge is 0.460 e. The first-order valence-corrected chi connectivity index (χ1v) is 6.64. The summed E-state index contributed by atoms with van der Waals surface area (Å²) in [7, 11) is 0. The van der Waals surface area contributed by atoms with Crippen LogP contribution in [0.5, 0.6) is 0 Å². The SMILES string of the molecule is Cc1ccc(CCCCC(=O)OC(C)(C)C)cc1. The van der Waals surface area contributed by atoms with Crippen molar-refractivity contribution in [2.45, 2.75) is 59.0 Å². The first-order valence-electron chi connectivity index (χ1n) is 6.64. The van der Waals surface area contributed by atoms with Crippen molar-refractivity contribution in [3.63, 3.8) is 0 Å². The molecule has 2 heteroatoms. The van der Waals surface area contributed by atoms with E-state index in [0.29, 0.717) is 6.42 Å². The molecule has 100 valence electrons. The summed E-state index contributed by atoms with van der Waals surface area (Å²) in [5.41, 5.74) is 2.26. The first-order chi connectivity index (χ1) is 8.37. The maximum Gasteiger partial charge on any atom is 0.306 e. The predicted molar refractivity (Wildman–Crippen MR) is 74.6 cm³/mol. The van der Waals surface area contributed by atoms with Crippen LogP contribution in [-0.2, 0) is 16.0 Å². The highest BCUT2D eigenvalue weighted by molar-refractivity contribution is 5.69. The van der Waals surface area contributed by atoms with Gasteiger partial charge in [0.15, 0.2) is 0 Å². The van der Waals surface area contributed by atoms with Gasteiger partial charge in [-0.05, 0) is 52.5 Å². The molecule has 0 heterocycles. The summed E-state index contributed by atoms with van der Waals surface area (Å²) in [6.45, 7) is 7.79. The zero-order chi connectivity index (χ0) is 13.6. The highest BCUT2D eigenvalue weighted by atomic mass is 16.6. The van der Waals surface area contributed by atoms with E-state index in [1.165, 1.54) is 11.1 Å². The minimum Gasteiger partial charge on any atom is -0.460 e. The molecular formula is C16H24O2. The Morgan fingerprint density at radius 2 is 1.72 bits per heavy atom. The fourth-order valence-electron chi connectivity index (χ4n) is 1.75. The fraction of sp³-hybridized carbons (Fsp3) is 0.562. The Hall–Kier alpha value is -1.31. The van der Waals surface area contributed by atoms with Gasteiger partial charge in [0.1, 0.15) is 5.60 Å². The molecular weight excluding hydrogens is 224 g/mol. The normalized spacial score (nSPS) is 11.3. The molecule has 2 nitrogen and oxygen atoms in total. The van der Waals surface area contributed by atoms with E-state index < -0.39 is 0 Å². The van der Waals surface area contributed by atoms with E-state index in [9.17, 15) is 4.79 Å². The minimum absolute atomic E-state index is 0.0913. The van der Waals surface area contributed by atoms with E-state index in [1.807, 2.05) is 20.8 Å². The number of carbonyl (C=O) groups is 1. The molecule has 0 saturated carbocycles. The standard InChI is InChI=1S/C16H24O2/c1-13-9-11-14(12-10-13)7-5-6-8-15(17)18-16(2,3)4/h9-12H,5-8H2,1-4H3. The number of carbonyl (C=O) groups excluding carboxylic acids is 1. The summed E-state index contributed by atoms with van der Waals surface area (Å²) in [5, 5.41) is 0. The van der Waals surface area contributed by atoms with Gasteiger partial charge in [0.25, 0.3) is 0 Å². The quantitative estimate of drug-likeness (QED) is 0.580. The Kier molecular flexibility index (Phi) is 5.39. The van der Waals surface area contributed by atoms with Gasteiger partial charge in [-0.3, -0.25) is 4.79 Å². The molecule has 0 aromatic heterocycles. The van der Waals surface area contributed by atoms with Gasteiger partial charge in [-0.1, -0.05) is 29.8 Å². The van der Waals surface area contributed by atoms with Crippen LogP contribution in [0.3, 0.4) is 0 Å². The Labute approximate surface area is 110 Å². The number of rotatable bonds is 5. The summed E-state index contributed by atoms with van der Waals surface area (Å²) in [5.74, 6) is -0.0913. The van der Waals surface area contributed by atoms with Crippen molar-refractivity contribution in [2.75, 3.05) is 0 Å². The molecule has 0 fully saturated rings. The average molecular weight is 248 g/mol. The van der Waals surface area contributed by atoms with Crippen LogP contribution in [0.2, 0.25) is 0 Å². The van der Waals surface area contributed by atoms with Crippen LogP contribution < -0.4 is 0 Å². The van der Waals surface area contributed by atoms with Crippen LogP contribution in [-0.4, -0.2) is 11.6 Å². The highest BCUT2D eigenvalue weighted by Crippen LogP contribution is 2.12. The first kappa shape index (κ1) is 14.7. The van der Waals surface area contributed by atoms with E-state index in [2.05, 4.69) is 31.2 Å². The molecule has 1 rings (SSSR count). The van der Waals surface area contributed by atoms with Gasteiger partial charge in [-0.25, -0.2) is 0 Å². The number of benzene rings is 1. The molecule has 0 N–H and O–H groups in total. The van der Waals surface area contributed by atoms with Gasteiger partial charge in [-0.15, -0.1) is 0 Å². The van der Waals surface area contributed by atoms with Crippen molar-refractivity contribution in [3.05, 3.63) is 35.4 Å². The van der Waals surface area contributed by atoms with Crippen LogP contribution >= 0.6 is 0 Å². The lowest BCUT2D eigenvalue weighted by Gasteiger charge is -2.19. The zero-order valence-electron chi connectivity index (χ0n) is 12.0. The molecule has 0 radical (unpaired) electrons. The number of unbranched alkanes of at least 4 members (excludes halogenated alkanes) is 1. The van der Waals surface area contributed by atoms with Crippen LogP contribution in [0.25, 0.3) is 0 Å². The van der Waals surface area contributed by atoms with Crippen LogP contribution in [0, 0.1) is 6.92 Å². The number of hydrogen-bond donors (Lipinski definition) is 0. The molecule has 1 aromatic rings. The van der Waals surface area contributed by atoms with Gasteiger partial charge in [-0.2, -0.15) is 0 Å². The second-order valence-corrected chi connectivity index (χ2v) is 5.78. The Balaban J connectivity index is 2.19. The summed E-state index contributed by atoms with van der Waals surface area (Å²) in [6, 6.07) is 8.57. The summed E-state index contributed by atoms with van der Waals surface area (Å²) in [6.07, 6.45) is 3.47. The second kappa shape index (κ2) is 6.58.